The Morgan fingerprint density at radius 3 is 2.26 bits per heavy atom. The third-order valence-electron chi connectivity index (χ3n) is 4.71. The van der Waals surface area contributed by atoms with E-state index in [2.05, 4.69) is 20.8 Å². The van der Waals surface area contributed by atoms with Crippen molar-refractivity contribution < 1.29 is 19.1 Å². The van der Waals surface area contributed by atoms with E-state index in [1.165, 1.54) is 0 Å². The number of benzene rings is 1. The maximum atomic E-state index is 12.5. The van der Waals surface area contributed by atoms with E-state index in [4.69, 9.17) is 9.47 Å². The molecule has 2 rings (SSSR count). The molecule has 0 aliphatic rings. The fourth-order valence-corrected chi connectivity index (χ4v) is 3.01. The Morgan fingerprint density at radius 1 is 1.07 bits per heavy atom. The molecular weight excluding hydrogens is 342 g/mol. The summed E-state index contributed by atoms with van der Waals surface area (Å²) in [7, 11) is 1.65. The Kier molecular flexibility index (Phi) is 6.60. The molecule has 146 valence electrons. The van der Waals surface area contributed by atoms with E-state index in [0.29, 0.717) is 24.3 Å². The molecule has 0 amide bonds. The molecule has 5 nitrogen and oxygen atoms in total. The maximum absolute atomic E-state index is 12.5. The number of hydrogen-bond donors (Lipinski definition) is 0. The maximum Gasteiger partial charge on any atom is 0.338 e. The first kappa shape index (κ1) is 20.9. The van der Waals surface area contributed by atoms with Crippen LogP contribution in [0.25, 0.3) is 0 Å². The Labute approximate surface area is 161 Å². The molecule has 0 atom stereocenters. The summed E-state index contributed by atoms with van der Waals surface area (Å²) in [6, 6.07) is 9.15. The van der Waals surface area contributed by atoms with E-state index in [9.17, 15) is 9.59 Å². The smallest absolute Gasteiger partial charge is 0.338 e. The van der Waals surface area contributed by atoms with Gasteiger partial charge in [-0.2, -0.15) is 0 Å². The van der Waals surface area contributed by atoms with Gasteiger partial charge in [0.1, 0.15) is 0 Å². The van der Waals surface area contributed by atoms with E-state index in [-0.39, 0.29) is 17.8 Å². The number of carbonyl (C=O) groups excluding carboxylic acids is 2. The van der Waals surface area contributed by atoms with Gasteiger partial charge >= 0.3 is 5.97 Å². The molecule has 0 radical (unpaired) electrons. The van der Waals surface area contributed by atoms with Crippen molar-refractivity contribution in [3.05, 3.63) is 58.4 Å². The van der Waals surface area contributed by atoms with Gasteiger partial charge in [-0.1, -0.05) is 32.9 Å². The molecule has 0 fully saturated rings. The van der Waals surface area contributed by atoms with Crippen molar-refractivity contribution >= 4 is 11.8 Å². The number of aromatic nitrogens is 1. The van der Waals surface area contributed by atoms with E-state index in [1.807, 2.05) is 36.6 Å². The summed E-state index contributed by atoms with van der Waals surface area (Å²) in [4.78, 5) is 24.7. The Morgan fingerprint density at radius 2 is 1.70 bits per heavy atom. The second kappa shape index (κ2) is 8.53. The van der Waals surface area contributed by atoms with Gasteiger partial charge in [-0.25, -0.2) is 4.79 Å². The SMILES string of the molecule is COCCn1c(C)cc(C(=O)COC(=O)c2ccc(C(C)(C)C)cc2)c1C. The minimum absolute atomic E-state index is 0.0176. The lowest BCUT2D eigenvalue weighted by Gasteiger charge is -2.18. The summed E-state index contributed by atoms with van der Waals surface area (Å²) in [5, 5.41) is 0. The Bertz CT molecular complexity index is 810. The van der Waals surface area contributed by atoms with E-state index < -0.39 is 5.97 Å². The quantitative estimate of drug-likeness (QED) is 0.543. The first-order chi connectivity index (χ1) is 12.6. The first-order valence-corrected chi connectivity index (χ1v) is 9.11. The Balaban J connectivity index is 2.02. The van der Waals surface area contributed by atoms with Gasteiger partial charge in [-0.05, 0) is 43.0 Å². The molecule has 27 heavy (non-hydrogen) atoms. The highest BCUT2D eigenvalue weighted by Crippen LogP contribution is 2.22. The van der Waals surface area contributed by atoms with Crippen molar-refractivity contribution in [2.45, 2.75) is 46.6 Å². The Hall–Kier alpha value is -2.40. The lowest BCUT2D eigenvalue weighted by atomic mass is 9.87. The number of aryl methyl sites for hydroxylation is 1. The molecule has 0 N–H and O–H groups in total. The van der Waals surface area contributed by atoms with Crippen LogP contribution in [-0.4, -0.2) is 36.6 Å². The summed E-state index contributed by atoms with van der Waals surface area (Å²) in [5.41, 5.74) is 4.03. The van der Waals surface area contributed by atoms with Crippen LogP contribution in [0.5, 0.6) is 0 Å². The van der Waals surface area contributed by atoms with Crippen LogP contribution in [0.15, 0.2) is 30.3 Å². The van der Waals surface area contributed by atoms with Crippen LogP contribution in [0.4, 0.5) is 0 Å². The molecule has 0 bridgehead atoms. The molecule has 5 heteroatoms. The van der Waals surface area contributed by atoms with Gasteiger partial charge in [0.05, 0.1) is 12.2 Å². The highest BCUT2D eigenvalue weighted by Gasteiger charge is 2.19. The molecule has 1 heterocycles. The molecule has 0 saturated carbocycles. The van der Waals surface area contributed by atoms with Gasteiger partial charge in [-0.15, -0.1) is 0 Å². The van der Waals surface area contributed by atoms with Crippen LogP contribution >= 0.6 is 0 Å². The van der Waals surface area contributed by atoms with Gasteiger partial charge in [0.25, 0.3) is 0 Å². The summed E-state index contributed by atoms with van der Waals surface area (Å²) in [6.45, 7) is 11.2. The predicted molar refractivity (Wildman–Crippen MR) is 106 cm³/mol. The van der Waals surface area contributed by atoms with Crippen LogP contribution in [-0.2, 0) is 21.4 Å². The lowest BCUT2D eigenvalue weighted by molar-refractivity contribution is 0.0474. The molecule has 1 aromatic heterocycles. The molecule has 2 aromatic rings. The van der Waals surface area contributed by atoms with Gasteiger partial charge in [0.15, 0.2) is 6.61 Å². The fraction of sp³-hybridized carbons (Fsp3) is 0.455. The van der Waals surface area contributed by atoms with Gasteiger partial charge in [0, 0.05) is 30.6 Å². The first-order valence-electron chi connectivity index (χ1n) is 9.11. The lowest BCUT2D eigenvalue weighted by Crippen LogP contribution is -2.16. The normalized spacial score (nSPS) is 11.5. The largest absolute Gasteiger partial charge is 0.454 e. The molecule has 0 aliphatic heterocycles. The number of ether oxygens (including phenoxy) is 2. The number of hydrogen-bond acceptors (Lipinski definition) is 4. The van der Waals surface area contributed by atoms with Gasteiger partial charge in [-0.3, -0.25) is 4.79 Å². The standard InChI is InChI=1S/C22H29NO4/c1-15-13-19(16(2)23(15)11-12-26-6)20(24)14-27-21(25)17-7-9-18(10-8-17)22(3,4)5/h7-10,13H,11-12,14H2,1-6H3. The topological polar surface area (TPSA) is 57.5 Å². The van der Waals surface area contributed by atoms with Crippen LogP contribution in [0.1, 0.15) is 58.4 Å². The molecule has 0 spiro atoms. The van der Waals surface area contributed by atoms with Crippen LogP contribution in [0, 0.1) is 13.8 Å². The van der Waals surface area contributed by atoms with Gasteiger partial charge in [0.2, 0.25) is 5.78 Å². The number of ketones is 1. The van der Waals surface area contributed by atoms with E-state index in [0.717, 1.165) is 17.0 Å². The number of Topliss-reactive ketones (excluding diaryl/α,β-unsaturated/α-hetero) is 1. The van der Waals surface area contributed by atoms with E-state index in [1.54, 1.807) is 19.2 Å². The summed E-state index contributed by atoms with van der Waals surface area (Å²) >= 11 is 0. The third kappa shape index (κ3) is 5.07. The zero-order valence-electron chi connectivity index (χ0n) is 17.1. The van der Waals surface area contributed by atoms with Crippen molar-refractivity contribution in [3.8, 4) is 0 Å². The van der Waals surface area contributed by atoms with Crippen molar-refractivity contribution in [3.63, 3.8) is 0 Å². The number of nitrogens with zero attached hydrogens (tertiary/aromatic N) is 1. The highest BCUT2D eigenvalue weighted by molar-refractivity contribution is 6.00. The number of esters is 1. The van der Waals surface area contributed by atoms with Crippen molar-refractivity contribution in [1.82, 2.24) is 4.57 Å². The molecule has 0 saturated heterocycles. The van der Waals surface area contributed by atoms with Crippen LogP contribution in [0.3, 0.4) is 0 Å². The summed E-state index contributed by atoms with van der Waals surface area (Å²) in [6.07, 6.45) is 0. The third-order valence-corrected chi connectivity index (χ3v) is 4.71. The van der Waals surface area contributed by atoms with Crippen LogP contribution in [0.2, 0.25) is 0 Å². The zero-order valence-corrected chi connectivity index (χ0v) is 17.1. The average Bonchev–Trinajstić information content (AvgIpc) is 2.91. The van der Waals surface area contributed by atoms with Crippen molar-refractivity contribution in [2.24, 2.45) is 0 Å². The monoisotopic (exact) mass is 371 g/mol. The minimum atomic E-state index is -0.489. The zero-order chi connectivity index (χ0) is 20.2. The number of rotatable bonds is 7. The molecular formula is C22H29NO4. The van der Waals surface area contributed by atoms with Crippen molar-refractivity contribution in [2.75, 3.05) is 20.3 Å². The molecule has 0 unspecified atom stereocenters. The van der Waals surface area contributed by atoms with Gasteiger partial charge < -0.3 is 14.0 Å². The molecule has 0 aliphatic carbocycles. The van der Waals surface area contributed by atoms with Crippen molar-refractivity contribution in [1.29, 1.82) is 0 Å². The highest BCUT2D eigenvalue weighted by atomic mass is 16.5. The summed E-state index contributed by atoms with van der Waals surface area (Å²) < 4.78 is 12.4. The average molecular weight is 371 g/mol. The second-order valence-electron chi connectivity index (χ2n) is 7.76. The number of carbonyl (C=O) groups is 2. The fourth-order valence-electron chi connectivity index (χ4n) is 3.01. The predicted octanol–water partition coefficient (Wildman–Crippen LogP) is 4.09. The summed E-state index contributed by atoms with van der Waals surface area (Å²) in [5.74, 6) is -0.691. The molecule has 1 aromatic carbocycles. The van der Waals surface area contributed by atoms with E-state index >= 15 is 0 Å². The second-order valence-corrected chi connectivity index (χ2v) is 7.76. The van der Waals surface area contributed by atoms with Crippen LogP contribution < -0.4 is 0 Å². The number of methoxy groups -OCH3 is 1. The minimum Gasteiger partial charge on any atom is -0.454 e.